The third kappa shape index (κ3) is 6.21. The third-order valence-electron chi connectivity index (χ3n) is 3.73. The van der Waals surface area contributed by atoms with Crippen LogP contribution in [0.2, 0.25) is 0 Å². The van der Waals surface area contributed by atoms with Crippen molar-refractivity contribution in [2.75, 3.05) is 18.5 Å². The maximum Gasteiger partial charge on any atom is 0.358 e. The number of anilines is 1. The Kier molecular flexibility index (Phi) is 7.12. The predicted molar refractivity (Wildman–Crippen MR) is 108 cm³/mol. The van der Waals surface area contributed by atoms with Crippen LogP contribution in [0, 0.1) is 0 Å². The largest absolute Gasteiger partial charge is 0.451 e. The summed E-state index contributed by atoms with van der Waals surface area (Å²) in [5, 5.41) is 5.21. The molecule has 1 N–H and O–H groups in total. The average Bonchev–Trinajstić information content (AvgIpc) is 3.11. The van der Waals surface area contributed by atoms with Crippen molar-refractivity contribution >= 4 is 28.3 Å². The van der Waals surface area contributed by atoms with Gasteiger partial charge in [-0.15, -0.1) is 17.9 Å². The zero-order valence-electron chi connectivity index (χ0n) is 15.9. The Morgan fingerprint density at radius 2 is 2.00 bits per heavy atom. The number of aromatic nitrogens is 1. The Balaban J connectivity index is 1.97. The van der Waals surface area contributed by atoms with E-state index < -0.39 is 11.5 Å². The summed E-state index contributed by atoms with van der Waals surface area (Å²) in [5.74, 6) is -0.861. The Morgan fingerprint density at radius 3 is 2.63 bits per heavy atom. The molecule has 0 aliphatic heterocycles. The van der Waals surface area contributed by atoms with E-state index in [1.807, 2.05) is 51.1 Å². The normalized spacial score (nSPS) is 10.9. The van der Waals surface area contributed by atoms with E-state index in [2.05, 4.69) is 16.9 Å². The van der Waals surface area contributed by atoms with Crippen LogP contribution in [0.15, 0.2) is 48.4 Å². The number of carbonyl (C=O) groups excluding carboxylic acids is 2. The highest BCUT2D eigenvalue weighted by molar-refractivity contribution is 7.13. The lowest BCUT2D eigenvalue weighted by atomic mass is 10.0. The number of nitrogens with one attached hydrogen (secondary N) is 1. The van der Waals surface area contributed by atoms with Crippen molar-refractivity contribution in [3.63, 3.8) is 0 Å². The minimum Gasteiger partial charge on any atom is -0.451 e. The molecule has 0 fully saturated rings. The van der Waals surface area contributed by atoms with Crippen LogP contribution in [-0.2, 0) is 16.1 Å². The fourth-order valence-electron chi connectivity index (χ4n) is 2.35. The van der Waals surface area contributed by atoms with Crippen LogP contribution in [0.4, 0.5) is 5.13 Å². The molecule has 2 rings (SSSR count). The average molecular weight is 388 g/mol. The van der Waals surface area contributed by atoms with E-state index in [-0.39, 0.29) is 18.2 Å². The van der Waals surface area contributed by atoms with Gasteiger partial charge in [-0.05, 0) is 26.3 Å². The second-order valence-electron chi connectivity index (χ2n) is 6.92. The van der Waals surface area contributed by atoms with Gasteiger partial charge in [0.1, 0.15) is 0 Å². The molecular weight excluding hydrogens is 362 g/mol. The quantitative estimate of drug-likeness (QED) is 0.552. The van der Waals surface area contributed by atoms with Gasteiger partial charge < -0.3 is 15.0 Å². The minimum atomic E-state index is -0.611. The van der Waals surface area contributed by atoms with Crippen molar-refractivity contribution in [1.29, 1.82) is 0 Å². The summed E-state index contributed by atoms with van der Waals surface area (Å²) >= 11 is 1.30. The lowest BCUT2D eigenvalue weighted by molar-refractivity contribution is -0.140. The van der Waals surface area contributed by atoms with Crippen molar-refractivity contribution in [3.8, 4) is 0 Å². The molecule has 1 aromatic carbocycles. The highest BCUT2D eigenvalue weighted by Crippen LogP contribution is 2.19. The number of esters is 1. The Morgan fingerprint density at radius 1 is 1.30 bits per heavy atom. The van der Waals surface area contributed by atoms with E-state index in [9.17, 15) is 9.59 Å². The third-order valence-corrected chi connectivity index (χ3v) is 4.53. The van der Waals surface area contributed by atoms with E-state index >= 15 is 0 Å². The molecule has 1 aromatic heterocycles. The summed E-state index contributed by atoms with van der Waals surface area (Å²) < 4.78 is 5.19. The number of nitrogens with zero attached hydrogens (tertiary/aromatic N) is 2. The van der Waals surface area contributed by atoms with Crippen molar-refractivity contribution < 1.29 is 14.3 Å². The maximum atomic E-state index is 12.7. The van der Waals surface area contributed by atoms with Gasteiger partial charge in [0.2, 0.25) is 0 Å². The van der Waals surface area contributed by atoms with Crippen LogP contribution >= 0.6 is 11.3 Å². The first-order chi connectivity index (χ1) is 12.8. The van der Waals surface area contributed by atoms with Gasteiger partial charge in [0.25, 0.3) is 5.91 Å². The van der Waals surface area contributed by atoms with Gasteiger partial charge in [-0.1, -0.05) is 36.4 Å². The molecule has 6 nitrogen and oxygen atoms in total. The summed E-state index contributed by atoms with van der Waals surface area (Å²) in [5.41, 5.74) is 0.802. The van der Waals surface area contributed by atoms with Crippen LogP contribution in [-0.4, -0.2) is 40.5 Å². The molecule has 1 heterocycles. The van der Waals surface area contributed by atoms with Gasteiger partial charge in [-0.3, -0.25) is 4.79 Å². The zero-order valence-corrected chi connectivity index (χ0v) is 16.7. The first kappa shape index (κ1) is 20.6. The first-order valence-electron chi connectivity index (χ1n) is 8.63. The van der Waals surface area contributed by atoms with Crippen LogP contribution in [0.5, 0.6) is 0 Å². The molecule has 0 unspecified atom stereocenters. The summed E-state index contributed by atoms with van der Waals surface area (Å²) in [6.07, 6.45) is 1.70. The van der Waals surface area contributed by atoms with Gasteiger partial charge in [0.05, 0.1) is 0 Å². The number of hydrogen-bond donors (Lipinski definition) is 1. The van der Waals surface area contributed by atoms with Crippen LogP contribution in [0.1, 0.15) is 36.8 Å². The van der Waals surface area contributed by atoms with Crippen LogP contribution in [0.25, 0.3) is 0 Å². The van der Waals surface area contributed by atoms with E-state index in [4.69, 9.17) is 4.74 Å². The summed E-state index contributed by atoms with van der Waals surface area (Å²) in [7, 11) is 0. The molecule has 1 amide bonds. The van der Waals surface area contributed by atoms with Crippen LogP contribution < -0.4 is 5.32 Å². The number of rotatable bonds is 8. The molecule has 0 bridgehead atoms. The van der Waals surface area contributed by atoms with Gasteiger partial charge in [-0.2, -0.15) is 0 Å². The van der Waals surface area contributed by atoms with Gasteiger partial charge in [0.15, 0.2) is 17.4 Å². The number of thiazole rings is 1. The summed E-state index contributed by atoms with van der Waals surface area (Å²) in [4.78, 5) is 30.7. The van der Waals surface area contributed by atoms with Gasteiger partial charge in [-0.25, -0.2) is 9.78 Å². The minimum absolute atomic E-state index is 0.185. The molecule has 144 valence electrons. The first-order valence-corrected chi connectivity index (χ1v) is 9.51. The smallest absolute Gasteiger partial charge is 0.358 e. The molecule has 0 aliphatic carbocycles. The maximum absolute atomic E-state index is 12.7. The van der Waals surface area contributed by atoms with Gasteiger partial charge >= 0.3 is 5.97 Å². The van der Waals surface area contributed by atoms with E-state index in [0.717, 1.165) is 5.56 Å². The van der Waals surface area contributed by atoms with Crippen molar-refractivity contribution in [3.05, 3.63) is 59.6 Å². The number of ether oxygens (including phenoxy) is 1. The zero-order chi connectivity index (χ0) is 19.9. The highest BCUT2D eigenvalue weighted by atomic mass is 32.1. The SMILES string of the molecule is C=CCNc1nc(C(=O)OCC(=O)N(Cc2ccccc2)C(C)(C)C)cs1. The number of hydrogen-bond acceptors (Lipinski definition) is 6. The molecule has 0 radical (unpaired) electrons. The number of benzene rings is 1. The fourth-order valence-corrected chi connectivity index (χ4v) is 3.04. The Labute approximate surface area is 163 Å². The fraction of sp³-hybridized carbons (Fsp3) is 0.350. The Bertz CT molecular complexity index is 781. The molecule has 0 saturated carbocycles. The molecule has 0 saturated heterocycles. The molecule has 0 atom stereocenters. The second-order valence-corrected chi connectivity index (χ2v) is 7.78. The van der Waals surface area contributed by atoms with Crippen LogP contribution in [0.3, 0.4) is 0 Å². The van der Waals surface area contributed by atoms with Crippen molar-refractivity contribution in [1.82, 2.24) is 9.88 Å². The van der Waals surface area contributed by atoms with Crippen molar-refractivity contribution in [2.45, 2.75) is 32.9 Å². The summed E-state index contributed by atoms with van der Waals surface area (Å²) in [6.45, 7) is 10.2. The van der Waals surface area contributed by atoms with Gasteiger partial charge in [0, 0.05) is 24.0 Å². The molecular formula is C20H25N3O3S. The number of carbonyl (C=O) groups is 2. The molecule has 0 aliphatic rings. The van der Waals surface area contributed by atoms with E-state index in [0.29, 0.717) is 18.2 Å². The standard InChI is InChI=1S/C20H25N3O3S/c1-5-11-21-19-22-16(14-27-19)18(25)26-13-17(24)23(20(2,3)4)12-15-9-7-6-8-10-15/h5-10,14H,1,11-13H2,2-4H3,(H,21,22). The van der Waals surface area contributed by atoms with E-state index in [1.54, 1.807) is 16.4 Å². The molecule has 7 heteroatoms. The topological polar surface area (TPSA) is 71.5 Å². The second kappa shape index (κ2) is 9.32. The monoisotopic (exact) mass is 387 g/mol. The summed E-state index contributed by atoms with van der Waals surface area (Å²) in [6, 6.07) is 9.72. The lowest BCUT2D eigenvalue weighted by Crippen LogP contribution is -2.46. The molecule has 0 spiro atoms. The lowest BCUT2D eigenvalue weighted by Gasteiger charge is -2.35. The van der Waals surface area contributed by atoms with Crippen molar-refractivity contribution in [2.24, 2.45) is 0 Å². The number of amides is 1. The molecule has 27 heavy (non-hydrogen) atoms. The highest BCUT2D eigenvalue weighted by Gasteiger charge is 2.27. The van der Waals surface area contributed by atoms with E-state index in [1.165, 1.54) is 11.3 Å². The Hall–Kier alpha value is -2.67. The predicted octanol–water partition coefficient (Wildman–Crippen LogP) is 3.73. The molecule has 2 aromatic rings.